The van der Waals surface area contributed by atoms with Gasteiger partial charge in [0.15, 0.2) is 0 Å². The molecule has 0 saturated heterocycles. The molecule has 0 amide bonds. The summed E-state index contributed by atoms with van der Waals surface area (Å²) in [5, 5.41) is 0. The summed E-state index contributed by atoms with van der Waals surface area (Å²) in [7, 11) is 0. The van der Waals surface area contributed by atoms with Crippen LogP contribution in [0, 0.1) is 13.8 Å². The summed E-state index contributed by atoms with van der Waals surface area (Å²) in [5.41, 5.74) is 4.49. The van der Waals surface area contributed by atoms with Crippen LogP contribution >= 0.6 is 0 Å². The Labute approximate surface area is 136 Å². The van der Waals surface area contributed by atoms with Gasteiger partial charge < -0.3 is 13.7 Å². The van der Waals surface area contributed by atoms with Crippen molar-refractivity contribution < 1.29 is 9.15 Å². The molecule has 4 heteroatoms. The monoisotopic (exact) mass is 308 g/mol. The molecular formula is C19H20N2O2. The topological polar surface area (TPSA) is 39.7 Å². The Bertz CT molecular complexity index is 797. The molecule has 0 N–H and O–H groups in total. The Morgan fingerprint density at radius 3 is 2.61 bits per heavy atom. The molecule has 118 valence electrons. The number of aromatic nitrogens is 1. The number of aliphatic imine (C=N–C) groups is 1. The second kappa shape index (κ2) is 6.57. The number of ether oxygens (including phenoxy) is 1. The summed E-state index contributed by atoms with van der Waals surface area (Å²) < 4.78 is 12.9. The van der Waals surface area contributed by atoms with Crippen molar-refractivity contribution in [1.29, 1.82) is 0 Å². The van der Waals surface area contributed by atoms with Gasteiger partial charge in [-0.3, -0.25) is 0 Å². The van der Waals surface area contributed by atoms with Gasteiger partial charge in [0, 0.05) is 34.9 Å². The Morgan fingerprint density at radius 2 is 1.96 bits per heavy atom. The van der Waals surface area contributed by atoms with Crippen molar-refractivity contribution in [2.45, 2.75) is 20.8 Å². The zero-order chi connectivity index (χ0) is 16.2. The first-order valence-corrected chi connectivity index (χ1v) is 7.69. The first kappa shape index (κ1) is 15.2. The summed E-state index contributed by atoms with van der Waals surface area (Å²) in [5.74, 6) is 1.49. The van der Waals surface area contributed by atoms with E-state index in [0.717, 1.165) is 28.4 Å². The van der Waals surface area contributed by atoms with Crippen LogP contribution in [0.5, 0.6) is 5.75 Å². The molecule has 0 unspecified atom stereocenters. The van der Waals surface area contributed by atoms with Crippen LogP contribution in [0.15, 0.2) is 58.1 Å². The van der Waals surface area contributed by atoms with Crippen LogP contribution in [0.4, 0.5) is 5.88 Å². The molecule has 4 nitrogen and oxygen atoms in total. The minimum atomic E-state index is 0.607. The summed E-state index contributed by atoms with van der Waals surface area (Å²) >= 11 is 0. The van der Waals surface area contributed by atoms with Crippen LogP contribution in [0.2, 0.25) is 0 Å². The average molecular weight is 308 g/mol. The van der Waals surface area contributed by atoms with Crippen molar-refractivity contribution in [2.75, 3.05) is 6.61 Å². The lowest BCUT2D eigenvalue weighted by atomic mass is 10.2. The highest BCUT2D eigenvalue weighted by Gasteiger charge is 2.09. The summed E-state index contributed by atoms with van der Waals surface area (Å²) in [6.45, 7) is 6.84. The van der Waals surface area contributed by atoms with Crippen LogP contribution in [-0.2, 0) is 0 Å². The maximum Gasteiger partial charge on any atom is 0.218 e. The Morgan fingerprint density at radius 1 is 1.17 bits per heavy atom. The van der Waals surface area contributed by atoms with E-state index in [0.29, 0.717) is 12.5 Å². The van der Waals surface area contributed by atoms with Gasteiger partial charge in [-0.2, -0.15) is 0 Å². The number of hydrogen-bond acceptors (Lipinski definition) is 3. The molecule has 0 aliphatic carbocycles. The fourth-order valence-electron chi connectivity index (χ4n) is 2.65. The van der Waals surface area contributed by atoms with E-state index in [9.17, 15) is 0 Å². The number of aryl methyl sites for hydroxylation is 1. The van der Waals surface area contributed by atoms with Crippen molar-refractivity contribution in [2.24, 2.45) is 4.99 Å². The second-order valence-corrected chi connectivity index (χ2v) is 5.30. The van der Waals surface area contributed by atoms with Gasteiger partial charge in [-0.25, -0.2) is 4.99 Å². The highest BCUT2D eigenvalue weighted by Crippen LogP contribution is 2.22. The third-order valence-electron chi connectivity index (χ3n) is 3.71. The van der Waals surface area contributed by atoms with Crippen LogP contribution in [0.3, 0.4) is 0 Å². The molecule has 3 aromatic rings. The van der Waals surface area contributed by atoms with Crippen LogP contribution < -0.4 is 4.74 Å². The van der Waals surface area contributed by atoms with Crippen molar-refractivity contribution in [3.05, 3.63) is 65.7 Å². The van der Waals surface area contributed by atoms with Crippen molar-refractivity contribution >= 4 is 12.1 Å². The van der Waals surface area contributed by atoms with Gasteiger partial charge in [-0.05, 0) is 57.2 Å². The average Bonchev–Trinajstić information content (AvgIpc) is 3.15. The second-order valence-electron chi connectivity index (χ2n) is 5.30. The van der Waals surface area contributed by atoms with Crippen LogP contribution in [0.25, 0.3) is 5.69 Å². The number of hydrogen-bond donors (Lipinski definition) is 0. The van der Waals surface area contributed by atoms with E-state index in [4.69, 9.17) is 9.15 Å². The molecule has 0 spiro atoms. The van der Waals surface area contributed by atoms with Crippen LogP contribution in [0.1, 0.15) is 23.9 Å². The molecule has 3 rings (SSSR count). The smallest absolute Gasteiger partial charge is 0.218 e. The Kier molecular flexibility index (Phi) is 4.33. The first-order chi connectivity index (χ1) is 11.2. The summed E-state index contributed by atoms with van der Waals surface area (Å²) in [6, 6.07) is 13.9. The lowest BCUT2D eigenvalue weighted by Gasteiger charge is -2.10. The molecule has 0 bridgehead atoms. The highest BCUT2D eigenvalue weighted by atomic mass is 16.5. The number of benzene rings is 1. The first-order valence-electron chi connectivity index (χ1n) is 7.69. The molecule has 0 atom stereocenters. The van der Waals surface area contributed by atoms with Gasteiger partial charge in [-0.15, -0.1) is 0 Å². The molecule has 0 aliphatic heterocycles. The van der Waals surface area contributed by atoms with Gasteiger partial charge in [0.25, 0.3) is 0 Å². The molecule has 0 radical (unpaired) electrons. The van der Waals surface area contributed by atoms with Gasteiger partial charge in [0.05, 0.1) is 12.9 Å². The predicted octanol–water partition coefficient (Wildman–Crippen LogP) is 4.84. The fraction of sp³-hybridized carbons (Fsp3) is 0.211. The van der Waals surface area contributed by atoms with Crippen molar-refractivity contribution in [3.8, 4) is 11.4 Å². The molecule has 2 heterocycles. The molecular weight excluding hydrogens is 288 g/mol. The van der Waals surface area contributed by atoms with E-state index < -0.39 is 0 Å². The lowest BCUT2D eigenvalue weighted by molar-refractivity contribution is 0.340. The standard InChI is InChI=1S/C19H20N2O2/c1-4-22-18-9-7-17(8-10-18)21-14(2)12-16(15(21)3)13-20-19-6-5-11-23-19/h5-13H,4H2,1-3H3. The van der Waals surface area contributed by atoms with E-state index >= 15 is 0 Å². The molecule has 2 aromatic heterocycles. The van der Waals surface area contributed by atoms with Crippen LogP contribution in [-0.4, -0.2) is 17.4 Å². The third-order valence-corrected chi connectivity index (χ3v) is 3.71. The van der Waals surface area contributed by atoms with Gasteiger partial charge >= 0.3 is 0 Å². The largest absolute Gasteiger partial charge is 0.494 e. The minimum absolute atomic E-state index is 0.607. The third kappa shape index (κ3) is 3.21. The van der Waals surface area contributed by atoms with E-state index in [-0.39, 0.29) is 0 Å². The summed E-state index contributed by atoms with van der Waals surface area (Å²) in [6.07, 6.45) is 3.46. The highest BCUT2D eigenvalue weighted by molar-refractivity contribution is 5.83. The SMILES string of the molecule is CCOc1ccc(-n2c(C)cc(C=Nc3ccco3)c2C)cc1. The number of nitrogens with zero attached hydrogens (tertiary/aromatic N) is 2. The normalized spacial score (nSPS) is 11.3. The van der Waals surface area contributed by atoms with Crippen molar-refractivity contribution in [1.82, 2.24) is 4.57 Å². The van der Waals surface area contributed by atoms with E-state index in [1.54, 1.807) is 6.26 Å². The van der Waals surface area contributed by atoms with Crippen molar-refractivity contribution in [3.63, 3.8) is 0 Å². The maximum atomic E-state index is 5.50. The van der Waals surface area contributed by atoms with E-state index in [2.05, 4.69) is 41.6 Å². The fourth-order valence-corrected chi connectivity index (χ4v) is 2.65. The molecule has 23 heavy (non-hydrogen) atoms. The Balaban J connectivity index is 1.91. The lowest BCUT2D eigenvalue weighted by Crippen LogP contribution is -2.00. The number of rotatable bonds is 5. The zero-order valence-electron chi connectivity index (χ0n) is 13.6. The Hall–Kier alpha value is -2.75. The quantitative estimate of drug-likeness (QED) is 0.633. The number of furan rings is 1. The minimum Gasteiger partial charge on any atom is -0.494 e. The summed E-state index contributed by atoms with van der Waals surface area (Å²) in [4.78, 5) is 4.36. The molecule has 0 aliphatic rings. The molecule has 0 fully saturated rings. The predicted molar refractivity (Wildman–Crippen MR) is 92.4 cm³/mol. The molecule has 1 aromatic carbocycles. The van der Waals surface area contributed by atoms with Gasteiger partial charge in [0.2, 0.25) is 5.88 Å². The zero-order valence-corrected chi connectivity index (χ0v) is 13.6. The van der Waals surface area contributed by atoms with E-state index in [1.807, 2.05) is 37.4 Å². The van der Waals surface area contributed by atoms with Gasteiger partial charge in [-0.1, -0.05) is 0 Å². The maximum absolute atomic E-state index is 5.50. The van der Waals surface area contributed by atoms with Gasteiger partial charge in [0.1, 0.15) is 5.75 Å². The van der Waals surface area contributed by atoms with E-state index in [1.165, 1.54) is 0 Å². The molecule has 0 saturated carbocycles.